The van der Waals surface area contributed by atoms with Crippen LogP contribution < -0.4 is 4.74 Å². The van der Waals surface area contributed by atoms with Gasteiger partial charge in [-0.2, -0.15) is 0 Å². The van der Waals surface area contributed by atoms with Gasteiger partial charge in [0.15, 0.2) is 0 Å². The zero-order valence-corrected chi connectivity index (χ0v) is 14.6. The molecule has 0 N–H and O–H groups in total. The minimum absolute atomic E-state index is 0.140. The Balaban J connectivity index is 1.41. The average molecular weight is 390 g/mol. The van der Waals surface area contributed by atoms with Crippen LogP contribution in [0.3, 0.4) is 0 Å². The van der Waals surface area contributed by atoms with Gasteiger partial charge in [0, 0.05) is 30.3 Å². The standard InChI is InChI=1S/C18H17BrFN3O/c19-13-1-6-18-21-9-15(23(18)10-13)11-22-8-7-17(12-22)24-16-4-2-14(20)3-5-16/h1-6,9-10,17H,7-8,11-12H2/t17-/m0/s1. The van der Waals surface area contributed by atoms with Crippen molar-refractivity contribution in [2.75, 3.05) is 13.1 Å². The molecule has 124 valence electrons. The summed E-state index contributed by atoms with van der Waals surface area (Å²) in [5, 5.41) is 0. The smallest absolute Gasteiger partial charge is 0.136 e. The molecule has 4 rings (SSSR count). The summed E-state index contributed by atoms with van der Waals surface area (Å²) in [6.07, 6.45) is 5.08. The Kier molecular flexibility index (Phi) is 4.24. The summed E-state index contributed by atoms with van der Waals surface area (Å²) in [5.74, 6) is 0.483. The number of imidazole rings is 1. The van der Waals surface area contributed by atoms with Crippen LogP contribution in [0.4, 0.5) is 4.39 Å². The molecule has 1 fully saturated rings. The summed E-state index contributed by atoms with van der Waals surface area (Å²) in [6.45, 7) is 2.67. The molecule has 1 atom stereocenters. The fourth-order valence-corrected chi connectivity index (χ4v) is 3.43. The van der Waals surface area contributed by atoms with Gasteiger partial charge in [0.05, 0.1) is 11.9 Å². The molecule has 1 aromatic carbocycles. The summed E-state index contributed by atoms with van der Waals surface area (Å²) >= 11 is 3.51. The van der Waals surface area contributed by atoms with Crippen molar-refractivity contribution >= 4 is 21.6 Å². The van der Waals surface area contributed by atoms with Gasteiger partial charge >= 0.3 is 0 Å². The zero-order chi connectivity index (χ0) is 16.5. The Bertz CT molecular complexity index is 849. The number of aromatic nitrogens is 2. The number of pyridine rings is 1. The van der Waals surface area contributed by atoms with Crippen molar-refractivity contribution in [1.29, 1.82) is 0 Å². The second kappa shape index (κ2) is 6.53. The van der Waals surface area contributed by atoms with Crippen molar-refractivity contribution < 1.29 is 9.13 Å². The summed E-state index contributed by atoms with van der Waals surface area (Å²) in [7, 11) is 0. The molecule has 0 unspecified atom stereocenters. The molecule has 0 bridgehead atoms. The zero-order valence-electron chi connectivity index (χ0n) is 13.0. The van der Waals surface area contributed by atoms with E-state index in [1.165, 1.54) is 12.1 Å². The van der Waals surface area contributed by atoms with E-state index in [0.29, 0.717) is 0 Å². The first-order valence-electron chi connectivity index (χ1n) is 7.93. The van der Waals surface area contributed by atoms with Crippen LogP contribution in [0.15, 0.2) is 53.3 Å². The number of ether oxygens (including phenoxy) is 1. The maximum absolute atomic E-state index is 13.0. The van der Waals surface area contributed by atoms with Crippen LogP contribution in [0, 0.1) is 5.82 Å². The molecular formula is C18H17BrFN3O. The van der Waals surface area contributed by atoms with Gasteiger partial charge in [-0.25, -0.2) is 9.37 Å². The Hall–Kier alpha value is -1.92. The number of likely N-dealkylation sites (tertiary alicyclic amines) is 1. The molecular weight excluding hydrogens is 373 g/mol. The molecule has 3 aromatic rings. The molecule has 0 spiro atoms. The maximum atomic E-state index is 13.0. The number of fused-ring (bicyclic) bond motifs is 1. The Labute approximate surface area is 148 Å². The van der Waals surface area contributed by atoms with Crippen LogP contribution in [0.25, 0.3) is 5.65 Å². The third-order valence-corrected chi connectivity index (χ3v) is 4.75. The minimum atomic E-state index is -0.242. The molecule has 0 aliphatic carbocycles. The lowest BCUT2D eigenvalue weighted by molar-refractivity contribution is 0.197. The van der Waals surface area contributed by atoms with Crippen LogP contribution in [0.1, 0.15) is 12.1 Å². The molecule has 1 saturated heterocycles. The lowest BCUT2D eigenvalue weighted by atomic mass is 10.3. The van der Waals surface area contributed by atoms with Crippen LogP contribution >= 0.6 is 15.9 Å². The summed E-state index contributed by atoms with van der Waals surface area (Å²) in [5.41, 5.74) is 2.11. The van der Waals surface area contributed by atoms with Crippen LogP contribution in [-0.2, 0) is 6.54 Å². The number of halogens is 2. The Morgan fingerprint density at radius 3 is 2.88 bits per heavy atom. The molecule has 2 aromatic heterocycles. The SMILES string of the molecule is Fc1ccc(O[C@H]2CCN(Cc3cnc4ccc(Br)cn34)C2)cc1. The minimum Gasteiger partial charge on any atom is -0.489 e. The average Bonchev–Trinajstić information content (AvgIpc) is 3.17. The van der Waals surface area contributed by atoms with Crippen molar-refractivity contribution in [1.82, 2.24) is 14.3 Å². The molecule has 24 heavy (non-hydrogen) atoms. The Morgan fingerprint density at radius 1 is 1.21 bits per heavy atom. The monoisotopic (exact) mass is 389 g/mol. The summed E-state index contributed by atoms with van der Waals surface area (Å²) in [4.78, 5) is 6.81. The highest BCUT2D eigenvalue weighted by Crippen LogP contribution is 2.21. The normalized spacial score (nSPS) is 18.3. The second-order valence-electron chi connectivity index (χ2n) is 6.04. The highest BCUT2D eigenvalue weighted by Gasteiger charge is 2.24. The van der Waals surface area contributed by atoms with E-state index in [4.69, 9.17) is 4.74 Å². The van der Waals surface area contributed by atoms with Gasteiger partial charge in [-0.3, -0.25) is 4.90 Å². The summed E-state index contributed by atoms with van der Waals surface area (Å²) in [6, 6.07) is 10.2. The van der Waals surface area contributed by atoms with Crippen LogP contribution in [0.5, 0.6) is 5.75 Å². The lowest BCUT2D eigenvalue weighted by Crippen LogP contribution is -2.25. The van der Waals surface area contributed by atoms with Crippen LogP contribution in [0.2, 0.25) is 0 Å². The first-order valence-corrected chi connectivity index (χ1v) is 8.73. The van der Waals surface area contributed by atoms with Gasteiger partial charge in [-0.15, -0.1) is 0 Å². The predicted octanol–water partition coefficient (Wildman–Crippen LogP) is 3.89. The largest absolute Gasteiger partial charge is 0.489 e. The van der Waals surface area contributed by atoms with Crippen molar-refractivity contribution in [3.05, 3.63) is 64.8 Å². The van der Waals surface area contributed by atoms with Crippen LogP contribution in [-0.4, -0.2) is 33.5 Å². The molecule has 0 radical (unpaired) electrons. The topological polar surface area (TPSA) is 29.8 Å². The van der Waals surface area contributed by atoms with Crippen molar-refractivity contribution in [2.24, 2.45) is 0 Å². The fourth-order valence-electron chi connectivity index (χ4n) is 3.09. The van der Waals surface area contributed by atoms with Gasteiger partial charge in [-0.1, -0.05) is 0 Å². The van der Waals surface area contributed by atoms with E-state index in [9.17, 15) is 4.39 Å². The van der Waals surface area contributed by atoms with E-state index < -0.39 is 0 Å². The Morgan fingerprint density at radius 2 is 2.04 bits per heavy atom. The molecule has 1 aliphatic heterocycles. The molecule has 4 nitrogen and oxygen atoms in total. The predicted molar refractivity (Wildman–Crippen MR) is 93.6 cm³/mol. The third kappa shape index (κ3) is 3.30. The summed E-state index contributed by atoms with van der Waals surface area (Å²) < 4.78 is 22.0. The van der Waals surface area contributed by atoms with Crippen molar-refractivity contribution in [2.45, 2.75) is 19.1 Å². The second-order valence-corrected chi connectivity index (χ2v) is 6.96. The van der Waals surface area contributed by atoms with Crippen molar-refractivity contribution in [3.8, 4) is 5.75 Å². The van der Waals surface area contributed by atoms with E-state index in [0.717, 1.165) is 47.6 Å². The number of rotatable bonds is 4. The van der Waals surface area contributed by atoms with Crippen molar-refractivity contribution in [3.63, 3.8) is 0 Å². The fraction of sp³-hybridized carbons (Fsp3) is 0.278. The lowest BCUT2D eigenvalue weighted by Gasteiger charge is -2.16. The van der Waals surface area contributed by atoms with E-state index in [2.05, 4.69) is 30.2 Å². The molecule has 1 aliphatic rings. The van der Waals surface area contributed by atoms with Gasteiger partial charge < -0.3 is 9.14 Å². The number of hydrogen-bond acceptors (Lipinski definition) is 3. The molecule has 0 saturated carbocycles. The first kappa shape index (κ1) is 15.6. The van der Waals surface area contributed by atoms with E-state index in [1.54, 1.807) is 12.1 Å². The highest BCUT2D eigenvalue weighted by atomic mass is 79.9. The van der Waals surface area contributed by atoms with E-state index >= 15 is 0 Å². The van der Waals surface area contributed by atoms with E-state index in [1.807, 2.05) is 24.5 Å². The van der Waals surface area contributed by atoms with E-state index in [-0.39, 0.29) is 11.9 Å². The number of benzene rings is 1. The van der Waals surface area contributed by atoms with Gasteiger partial charge in [0.2, 0.25) is 0 Å². The number of hydrogen-bond donors (Lipinski definition) is 0. The number of nitrogens with zero attached hydrogens (tertiary/aromatic N) is 3. The van der Waals surface area contributed by atoms with Gasteiger partial charge in [0.1, 0.15) is 23.3 Å². The molecule has 3 heterocycles. The molecule has 0 amide bonds. The molecule has 6 heteroatoms. The van der Waals surface area contributed by atoms with Gasteiger partial charge in [0.25, 0.3) is 0 Å². The third-order valence-electron chi connectivity index (χ3n) is 4.28. The first-order chi connectivity index (χ1) is 11.7. The highest BCUT2D eigenvalue weighted by molar-refractivity contribution is 9.10. The quantitative estimate of drug-likeness (QED) is 0.677. The van der Waals surface area contributed by atoms with Gasteiger partial charge in [-0.05, 0) is 58.7 Å². The maximum Gasteiger partial charge on any atom is 0.136 e.